The summed E-state index contributed by atoms with van der Waals surface area (Å²) in [6.45, 7) is 3.83. The van der Waals surface area contributed by atoms with E-state index in [-0.39, 0.29) is 50.8 Å². The van der Waals surface area contributed by atoms with Crippen LogP contribution >= 0.6 is 11.6 Å². The molecule has 0 bridgehead atoms. The summed E-state index contributed by atoms with van der Waals surface area (Å²) in [6, 6.07) is 25.9. The van der Waals surface area contributed by atoms with Crippen LogP contribution in [-0.2, 0) is 61.7 Å². The quantitative estimate of drug-likeness (QED) is 0.132. The van der Waals surface area contributed by atoms with Gasteiger partial charge in [0.15, 0.2) is 0 Å². The number of aromatic nitrogens is 2. The Kier molecular flexibility index (Phi) is 18.8. The fourth-order valence-corrected chi connectivity index (χ4v) is 8.80. The summed E-state index contributed by atoms with van der Waals surface area (Å²) in [5.41, 5.74) is 4.03. The molecule has 71 heavy (non-hydrogen) atoms. The second kappa shape index (κ2) is 24.9. The topological polar surface area (TPSA) is 168 Å². The molecule has 17 heteroatoms. The van der Waals surface area contributed by atoms with Crippen molar-refractivity contribution in [2.24, 2.45) is 13.0 Å². The van der Waals surface area contributed by atoms with E-state index in [4.69, 9.17) is 25.8 Å². The molecule has 0 spiro atoms. The summed E-state index contributed by atoms with van der Waals surface area (Å²) in [5, 5.41) is 6.38. The Morgan fingerprint density at radius 1 is 0.775 bits per heavy atom. The summed E-state index contributed by atoms with van der Waals surface area (Å²) in [7, 11) is 12.1. The fourth-order valence-electron chi connectivity index (χ4n) is 8.67. The van der Waals surface area contributed by atoms with Crippen LogP contribution in [0.5, 0.6) is 17.2 Å². The van der Waals surface area contributed by atoms with Crippen LogP contribution in [0.4, 0.5) is 0 Å². The molecule has 378 valence electrons. The first-order valence-electron chi connectivity index (χ1n) is 23.7. The lowest BCUT2D eigenvalue weighted by Gasteiger charge is -2.35. The molecule has 5 atom stereocenters. The Balaban J connectivity index is 1.38. The zero-order chi connectivity index (χ0) is 51.4. The van der Waals surface area contributed by atoms with Crippen LogP contribution in [0, 0.1) is 5.92 Å². The number of methoxy groups -OCH3 is 2. The average Bonchev–Trinajstić information content (AvgIpc) is 3.72. The molecule has 2 N–H and O–H groups in total. The van der Waals surface area contributed by atoms with Crippen LogP contribution < -0.4 is 20.1 Å². The minimum atomic E-state index is -1.20. The highest BCUT2D eigenvalue weighted by Gasteiger charge is 2.37. The molecule has 1 aliphatic rings. The molecule has 5 amide bonds. The fraction of sp³-hybridized carbons (Fsp3) is 0.407. The van der Waals surface area contributed by atoms with Gasteiger partial charge in [0, 0.05) is 70.3 Å². The molecule has 5 aromatic rings. The Labute approximate surface area is 422 Å². The molecule has 1 saturated heterocycles. The number of benzene rings is 4. The van der Waals surface area contributed by atoms with Crippen molar-refractivity contribution in [2.45, 2.75) is 76.8 Å². The van der Waals surface area contributed by atoms with Gasteiger partial charge in [0.05, 0.1) is 50.2 Å². The Bertz CT molecular complexity index is 2610. The maximum atomic E-state index is 15.2. The van der Waals surface area contributed by atoms with E-state index in [1.165, 1.54) is 24.0 Å². The van der Waals surface area contributed by atoms with Crippen LogP contribution in [0.1, 0.15) is 49.2 Å². The van der Waals surface area contributed by atoms with Crippen molar-refractivity contribution in [1.29, 1.82) is 0 Å². The largest absolute Gasteiger partial charge is 0.496 e. The van der Waals surface area contributed by atoms with E-state index in [0.717, 1.165) is 28.2 Å². The highest BCUT2D eigenvalue weighted by molar-refractivity contribution is 6.30. The number of ether oxygens (including phenoxy) is 3. The van der Waals surface area contributed by atoms with E-state index in [1.54, 1.807) is 56.3 Å². The first-order valence-corrected chi connectivity index (χ1v) is 24.1. The average molecular weight is 992 g/mol. The molecular weight excluding hydrogens is 924 g/mol. The van der Waals surface area contributed by atoms with Gasteiger partial charge >= 0.3 is 0 Å². The van der Waals surface area contributed by atoms with Gasteiger partial charge in [-0.2, -0.15) is 0 Å². The highest BCUT2D eigenvalue weighted by atomic mass is 35.5. The SMILES string of the molecule is COC[C@@H]1NC(=O)[C@H](C)N(Cc2c(OC)cccc2Oc2ccc(-c3cnc(CN(C)C)n3C)cc2)C(=O)C[C@@H](Cc2ccccc2)C(=O)N(C)[C@@H](C)CNC(=O)C[C@H](Cc2ccc(Cl)cc2)N(C)C1=O. The lowest BCUT2D eigenvalue weighted by molar-refractivity contribution is -0.147. The van der Waals surface area contributed by atoms with Gasteiger partial charge in [-0.15, -0.1) is 0 Å². The normalized spacial score (nSPS) is 20.1. The number of carbonyl (C=O) groups excluding carboxylic acids is 5. The number of carbonyl (C=O) groups is 5. The predicted molar refractivity (Wildman–Crippen MR) is 273 cm³/mol. The summed E-state index contributed by atoms with van der Waals surface area (Å²) >= 11 is 6.20. The van der Waals surface area contributed by atoms with Crippen molar-refractivity contribution in [2.75, 3.05) is 55.6 Å². The van der Waals surface area contributed by atoms with E-state index in [9.17, 15) is 19.2 Å². The van der Waals surface area contributed by atoms with Gasteiger partial charge in [0.25, 0.3) is 0 Å². The van der Waals surface area contributed by atoms with Crippen molar-refractivity contribution in [3.8, 4) is 28.5 Å². The van der Waals surface area contributed by atoms with E-state index in [2.05, 4.69) is 25.1 Å². The Morgan fingerprint density at radius 3 is 2.11 bits per heavy atom. The predicted octanol–water partition coefficient (Wildman–Crippen LogP) is 6.14. The zero-order valence-electron chi connectivity index (χ0n) is 42.2. The van der Waals surface area contributed by atoms with Crippen LogP contribution in [0.2, 0.25) is 5.02 Å². The van der Waals surface area contributed by atoms with Crippen molar-refractivity contribution < 1.29 is 38.2 Å². The number of nitrogens with one attached hydrogen (secondary N) is 2. The van der Waals surface area contributed by atoms with Crippen LogP contribution in [0.25, 0.3) is 11.3 Å². The molecule has 1 fully saturated rings. The standard InChI is InChI=1S/C54H67ClN8O8/c1-35-30-57-50(64)29-42(27-38-18-22-41(55)23-19-38)61(6)54(68)45(34-69-8)58-52(66)36(2)63(51(65)28-40(53(67)60(35)5)26-37-14-11-10-12-15-37)32-44-47(70-9)16-13-17-48(44)71-43-24-20-39(21-25-43)46-31-56-49(62(46)7)33-59(3)4/h10-25,31,35-36,40,42,45H,26-30,32-34H2,1-9H3,(H,57,64)(H,58,66)/t35-,36-,40+,42-,45-/m0/s1. The molecule has 0 saturated carbocycles. The number of nitrogens with zero attached hydrogens (tertiary/aromatic N) is 6. The first-order chi connectivity index (χ1) is 34.0. The molecule has 1 aliphatic heterocycles. The third-order valence-electron chi connectivity index (χ3n) is 13.1. The number of hydrogen-bond acceptors (Lipinski definition) is 10. The van der Waals surface area contributed by atoms with Crippen LogP contribution in [-0.4, -0.2) is 138 Å². The molecule has 0 unspecified atom stereocenters. The number of likely N-dealkylation sites (N-methyl/N-ethyl adjacent to an activating group) is 2. The zero-order valence-corrected chi connectivity index (χ0v) is 42.9. The molecular formula is C54H67ClN8O8. The lowest BCUT2D eigenvalue weighted by Crippen LogP contribution is -2.57. The van der Waals surface area contributed by atoms with E-state index < -0.39 is 47.8 Å². The lowest BCUT2D eigenvalue weighted by atomic mass is 9.93. The minimum Gasteiger partial charge on any atom is -0.496 e. The number of amides is 5. The molecule has 16 nitrogen and oxygen atoms in total. The molecule has 2 heterocycles. The molecule has 4 aromatic carbocycles. The van der Waals surface area contributed by atoms with Crippen molar-refractivity contribution in [3.63, 3.8) is 0 Å². The number of halogens is 1. The van der Waals surface area contributed by atoms with Gasteiger partial charge < -0.3 is 49.0 Å². The summed E-state index contributed by atoms with van der Waals surface area (Å²) < 4.78 is 20.0. The van der Waals surface area contributed by atoms with Crippen molar-refractivity contribution >= 4 is 41.1 Å². The van der Waals surface area contributed by atoms with Crippen LogP contribution in [0.3, 0.4) is 0 Å². The first kappa shape index (κ1) is 53.6. The molecule has 0 aliphatic carbocycles. The Morgan fingerprint density at radius 2 is 1.45 bits per heavy atom. The maximum Gasteiger partial charge on any atom is 0.247 e. The molecule has 0 radical (unpaired) electrons. The van der Waals surface area contributed by atoms with E-state index in [0.29, 0.717) is 40.8 Å². The molecule has 6 rings (SSSR count). The monoisotopic (exact) mass is 990 g/mol. The van der Waals surface area contributed by atoms with Gasteiger partial charge in [0.2, 0.25) is 29.5 Å². The number of hydrogen-bond donors (Lipinski definition) is 2. The summed E-state index contributed by atoms with van der Waals surface area (Å²) in [5.74, 6) is -0.945. The van der Waals surface area contributed by atoms with Gasteiger partial charge in [-0.25, -0.2) is 4.98 Å². The summed E-state index contributed by atoms with van der Waals surface area (Å²) in [4.78, 5) is 83.8. The number of rotatable bonds is 14. The van der Waals surface area contributed by atoms with Crippen molar-refractivity contribution in [3.05, 3.63) is 131 Å². The van der Waals surface area contributed by atoms with E-state index >= 15 is 4.79 Å². The van der Waals surface area contributed by atoms with Gasteiger partial charge in [-0.05, 0) is 100 Å². The summed E-state index contributed by atoms with van der Waals surface area (Å²) in [6.07, 6.45) is 2.01. The minimum absolute atomic E-state index is 0.0754. The highest BCUT2D eigenvalue weighted by Crippen LogP contribution is 2.35. The smallest absolute Gasteiger partial charge is 0.247 e. The van der Waals surface area contributed by atoms with Crippen molar-refractivity contribution in [1.82, 2.24) is 39.8 Å². The maximum absolute atomic E-state index is 15.2. The second-order valence-corrected chi connectivity index (χ2v) is 18.9. The van der Waals surface area contributed by atoms with Crippen LogP contribution in [0.15, 0.2) is 103 Å². The number of imidazole rings is 1. The second-order valence-electron chi connectivity index (χ2n) is 18.5. The molecule has 1 aromatic heterocycles. The van der Waals surface area contributed by atoms with E-state index in [1.807, 2.05) is 101 Å². The third kappa shape index (κ3) is 14.0. The Hall–Kier alpha value is -6.75. The van der Waals surface area contributed by atoms with Gasteiger partial charge in [-0.3, -0.25) is 24.0 Å². The van der Waals surface area contributed by atoms with Gasteiger partial charge in [-0.1, -0.05) is 60.1 Å². The van der Waals surface area contributed by atoms with Gasteiger partial charge in [0.1, 0.15) is 35.2 Å². The third-order valence-corrected chi connectivity index (χ3v) is 13.3.